The lowest BCUT2D eigenvalue weighted by atomic mass is 10.1. The minimum atomic E-state index is -0.0656. The molecule has 0 unspecified atom stereocenters. The zero-order valence-corrected chi connectivity index (χ0v) is 12.4. The summed E-state index contributed by atoms with van der Waals surface area (Å²) in [4.78, 5) is 14.0. The predicted molar refractivity (Wildman–Crippen MR) is 78.1 cm³/mol. The van der Waals surface area contributed by atoms with Gasteiger partial charge in [-0.1, -0.05) is 30.3 Å². The van der Waals surface area contributed by atoms with Crippen molar-refractivity contribution in [3.8, 4) is 0 Å². The van der Waals surface area contributed by atoms with Gasteiger partial charge < -0.3 is 9.32 Å². The van der Waals surface area contributed by atoms with Crippen LogP contribution in [-0.2, 0) is 6.42 Å². The molecule has 19 heavy (non-hydrogen) atoms. The molecule has 0 atom stereocenters. The smallest absolute Gasteiger partial charge is 0.289 e. The fourth-order valence-electron chi connectivity index (χ4n) is 1.90. The van der Waals surface area contributed by atoms with E-state index in [1.807, 2.05) is 25.1 Å². The Hall–Kier alpha value is -1.55. The van der Waals surface area contributed by atoms with Crippen molar-refractivity contribution in [2.24, 2.45) is 0 Å². The number of amides is 1. The van der Waals surface area contributed by atoms with Gasteiger partial charge in [0.25, 0.3) is 5.91 Å². The van der Waals surface area contributed by atoms with Gasteiger partial charge in [-0.15, -0.1) is 0 Å². The lowest BCUT2D eigenvalue weighted by Crippen LogP contribution is -2.32. The predicted octanol–water partition coefficient (Wildman–Crippen LogP) is 3.75. The van der Waals surface area contributed by atoms with Crippen LogP contribution in [0, 0.1) is 0 Å². The fourth-order valence-corrected chi connectivity index (χ4v) is 2.20. The molecule has 0 saturated heterocycles. The fraction of sp³-hybridized carbons (Fsp3) is 0.267. The van der Waals surface area contributed by atoms with Gasteiger partial charge in [0.1, 0.15) is 0 Å². The number of hydrogen-bond donors (Lipinski definition) is 0. The molecule has 1 aromatic heterocycles. The first-order valence-electron chi connectivity index (χ1n) is 6.29. The molecule has 2 aromatic rings. The summed E-state index contributed by atoms with van der Waals surface area (Å²) < 4.78 is 5.88. The summed E-state index contributed by atoms with van der Waals surface area (Å²) in [5.74, 6) is 0.311. The van der Waals surface area contributed by atoms with Crippen molar-refractivity contribution in [2.45, 2.75) is 13.3 Å². The number of nitrogens with zero attached hydrogens (tertiary/aromatic N) is 1. The first-order valence-corrected chi connectivity index (χ1v) is 7.08. The van der Waals surface area contributed by atoms with E-state index in [4.69, 9.17) is 4.42 Å². The Bertz CT molecular complexity index is 536. The second kappa shape index (κ2) is 6.57. The van der Waals surface area contributed by atoms with Crippen LogP contribution in [0.3, 0.4) is 0 Å². The Labute approximate surface area is 121 Å². The van der Waals surface area contributed by atoms with E-state index in [-0.39, 0.29) is 5.91 Å². The Kier molecular flexibility index (Phi) is 4.80. The van der Waals surface area contributed by atoms with Gasteiger partial charge in [-0.25, -0.2) is 0 Å². The summed E-state index contributed by atoms with van der Waals surface area (Å²) >= 11 is 3.21. The van der Waals surface area contributed by atoms with Crippen molar-refractivity contribution in [3.05, 3.63) is 58.5 Å². The maximum absolute atomic E-state index is 12.2. The van der Waals surface area contributed by atoms with Crippen LogP contribution in [0.25, 0.3) is 0 Å². The van der Waals surface area contributed by atoms with Crippen LogP contribution in [0.15, 0.2) is 51.6 Å². The number of halogens is 1. The van der Waals surface area contributed by atoms with Crippen molar-refractivity contribution in [3.63, 3.8) is 0 Å². The third kappa shape index (κ3) is 3.70. The minimum Gasteiger partial charge on any atom is -0.444 e. The quantitative estimate of drug-likeness (QED) is 0.840. The first kappa shape index (κ1) is 13.9. The highest BCUT2D eigenvalue weighted by molar-refractivity contribution is 9.10. The van der Waals surface area contributed by atoms with Gasteiger partial charge in [0, 0.05) is 13.1 Å². The number of carbonyl (C=O) groups is 1. The molecule has 100 valence electrons. The molecule has 0 fully saturated rings. The molecule has 2 rings (SSSR count). The first-order chi connectivity index (χ1) is 9.20. The van der Waals surface area contributed by atoms with Crippen LogP contribution >= 0.6 is 15.9 Å². The molecule has 4 heteroatoms. The third-order valence-corrected chi connectivity index (χ3v) is 3.39. The molecular weight excluding hydrogens is 306 g/mol. The highest BCUT2D eigenvalue weighted by Gasteiger charge is 2.17. The van der Waals surface area contributed by atoms with E-state index in [2.05, 4.69) is 28.1 Å². The third-order valence-electron chi connectivity index (χ3n) is 2.97. The van der Waals surface area contributed by atoms with Gasteiger partial charge in [-0.05, 0) is 47.0 Å². The molecular formula is C15H16BrNO2. The number of furan rings is 1. The van der Waals surface area contributed by atoms with E-state index in [0.717, 1.165) is 6.42 Å². The largest absolute Gasteiger partial charge is 0.444 e. The normalized spacial score (nSPS) is 10.4. The summed E-state index contributed by atoms with van der Waals surface area (Å²) in [7, 11) is 0. The number of rotatable bonds is 5. The second-order valence-electron chi connectivity index (χ2n) is 4.22. The van der Waals surface area contributed by atoms with Crippen molar-refractivity contribution >= 4 is 21.8 Å². The minimum absolute atomic E-state index is 0.0656. The van der Waals surface area contributed by atoms with Crippen molar-refractivity contribution in [1.82, 2.24) is 4.90 Å². The van der Waals surface area contributed by atoms with Crippen molar-refractivity contribution < 1.29 is 9.21 Å². The van der Waals surface area contributed by atoms with Crippen LogP contribution in [0.2, 0.25) is 0 Å². The maximum Gasteiger partial charge on any atom is 0.289 e. The van der Waals surface area contributed by atoms with E-state index in [1.54, 1.807) is 17.0 Å². The molecule has 0 bridgehead atoms. The van der Waals surface area contributed by atoms with E-state index in [0.29, 0.717) is 23.5 Å². The van der Waals surface area contributed by atoms with Crippen molar-refractivity contribution in [2.75, 3.05) is 13.1 Å². The van der Waals surface area contributed by atoms with Crippen LogP contribution in [0.5, 0.6) is 0 Å². The molecule has 0 aliphatic rings. The number of benzene rings is 1. The molecule has 0 spiro atoms. The summed E-state index contributed by atoms with van der Waals surface area (Å²) in [6.45, 7) is 3.34. The Morgan fingerprint density at radius 2 is 1.95 bits per heavy atom. The summed E-state index contributed by atoms with van der Waals surface area (Å²) in [5.41, 5.74) is 1.23. The van der Waals surface area contributed by atoms with Gasteiger partial charge in [-0.2, -0.15) is 0 Å². The molecule has 0 radical (unpaired) electrons. The second-order valence-corrected chi connectivity index (χ2v) is 5.01. The topological polar surface area (TPSA) is 33.5 Å². The maximum atomic E-state index is 12.2. The highest BCUT2D eigenvalue weighted by atomic mass is 79.9. The number of likely N-dealkylation sites (N-methyl/N-ethyl adjacent to an activating group) is 1. The highest BCUT2D eigenvalue weighted by Crippen LogP contribution is 2.16. The SMILES string of the molecule is CCN(CCc1ccccc1)C(=O)c1ccc(Br)o1. The van der Waals surface area contributed by atoms with Gasteiger partial charge >= 0.3 is 0 Å². The van der Waals surface area contributed by atoms with Gasteiger partial charge in [0.05, 0.1) is 0 Å². The molecule has 0 saturated carbocycles. The molecule has 1 amide bonds. The molecule has 3 nitrogen and oxygen atoms in total. The Morgan fingerprint density at radius 3 is 2.53 bits per heavy atom. The number of hydrogen-bond acceptors (Lipinski definition) is 2. The summed E-state index contributed by atoms with van der Waals surface area (Å²) in [6.07, 6.45) is 0.850. The Morgan fingerprint density at radius 1 is 1.21 bits per heavy atom. The van der Waals surface area contributed by atoms with Crippen LogP contribution in [0.4, 0.5) is 0 Å². The molecule has 1 heterocycles. The average Bonchev–Trinajstić information content (AvgIpc) is 2.87. The average molecular weight is 322 g/mol. The van der Waals surface area contributed by atoms with Crippen LogP contribution in [0.1, 0.15) is 23.0 Å². The van der Waals surface area contributed by atoms with Gasteiger partial charge in [-0.3, -0.25) is 4.79 Å². The Balaban J connectivity index is 1.98. The summed E-state index contributed by atoms with van der Waals surface area (Å²) in [5, 5.41) is 0. The molecule has 0 aliphatic heterocycles. The lowest BCUT2D eigenvalue weighted by molar-refractivity contribution is 0.0733. The van der Waals surface area contributed by atoms with E-state index >= 15 is 0 Å². The van der Waals surface area contributed by atoms with E-state index in [9.17, 15) is 4.79 Å². The zero-order valence-electron chi connectivity index (χ0n) is 10.8. The van der Waals surface area contributed by atoms with Gasteiger partial charge in [0.15, 0.2) is 10.4 Å². The van der Waals surface area contributed by atoms with Crippen LogP contribution < -0.4 is 0 Å². The molecule has 0 aliphatic carbocycles. The van der Waals surface area contributed by atoms with Gasteiger partial charge in [0.2, 0.25) is 0 Å². The zero-order chi connectivity index (χ0) is 13.7. The van der Waals surface area contributed by atoms with Crippen LogP contribution in [-0.4, -0.2) is 23.9 Å². The van der Waals surface area contributed by atoms with E-state index < -0.39 is 0 Å². The number of carbonyl (C=O) groups excluding carboxylic acids is 1. The molecule has 0 N–H and O–H groups in total. The lowest BCUT2D eigenvalue weighted by Gasteiger charge is -2.19. The van der Waals surface area contributed by atoms with Crippen molar-refractivity contribution in [1.29, 1.82) is 0 Å². The molecule has 1 aromatic carbocycles. The summed E-state index contributed by atoms with van der Waals surface area (Å²) in [6, 6.07) is 13.6. The van der Waals surface area contributed by atoms with E-state index in [1.165, 1.54) is 5.56 Å². The monoisotopic (exact) mass is 321 g/mol. The standard InChI is InChI=1S/C15H16BrNO2/c1-2-17(11-10-12-6-4-3-5-7-12)15(18)13-8-9-14(16)19-13/h3-9H,2,10-11H2,1H3.